The molecule has 0 radical (unpaired) electrons. The van der Waals surface area contributed by atoms with E-state index in [0.717, 1.165) is 0 Å². The van der Waals surface area contributed by atoms with E-state index in [0.29, 0.717) is 16.8 Å². The smallest absolute Gasteiger partial charge is 0.355 e. The lowest BCUT2D eigenvalue weighted by atomic mass is 9.80. The number of anilines is 1. The van der Waals surface area contributed by atoms with Crippen molar-refractivity contribution in [2.24, 2.45) is 5.73 Å². The van der Waals surface area contributed by atoms with Gasteiger partial charge in [0.15, 0.2) is 0 Å². The highest BCUT2D eigenvalue weighted by Gasteiger charge is 2.43. The number of nitrogens with zero attached hydrogens (tertiary/aromatic N) is 4. The summed E-state index contributed by atoms with van der Waals surface area (Å²) in [6.45, 7) is 0. The number of carbonyl (C=O) groups excluding carboxylic acids is 2. The third-order valence-electron chi connectivity index (χ3n) is 5.58. The fourth-order valence-electron chi connectivity index (χ4n) is 4.04. The van der Waals surface area contributed by atoms with Crippen molar-refractivity contribution in [3.05, 3.63) is 88.7 Å². The van der Waals surface area contributed by atoms with Crippen LogP contribution >= 0.6 is 11.6 Å². The minimum absolute atomic E-state index is 0.00192. The molecule has 1 aliphatic heterocycles. The molecule has 0 bridgehead atoms. The molecule has 11 heteroatoms. The van der Waals surface area contributed by atoms with Crippen molar-refractivity contribution >= 4 is 29.2 Å². The number of nitrogens with two attached hydrogens (primary N) is 1. The van der Waals surface area contributed by atoms with E-state index in [4.69, 9.17) is 31.3 Å². The Morgan fingerprint density at radius 1 is 1.11 bits per heavy atom. The second-order valence-electron chi connectivity index (χ2n) is 7.50. The molecule has 1 aliphatic rings. The Morgan fingerprint density at radius 2 is 1.78 bits per heavy atom. The van der Waals surface area contributed by atoms with Crippen LogP contribution in [0.2, 0.25) is 0 Å². The van der Waals surface area contributed by atoms with Crippen LogP contribution in [0.5, 0.6) is 0 Å². The molecule has 0 saturated heterocycles. The summed E-state index contributed by atoms with van der Waals surface area (Å²) < 4.78 is 15.3. The zero-order valence-electron chi connectivity index (χ0n) is 19.3. The number of methoxy groups -OCH3 is 2. The van der Waals surface area contributed by atoms with E-state index in [1.165, 1.54) is 19.1 Å². The minimum Gasteiger partial charge on any atom is -0.466 e. The molecule has 2 aromatic carbocycles. The average Bonchev–Trinajstić information content (AvgIpc) is 3.41. The average molecular weight is 506 g/mol. The molecule has 0 aliphatic carbocycles. The molecule has 182 valence electrons. The minimum atomic E-state index is -0.978. The number of allylic oxidation sites excluding steroid dienone is 1. The summed E-state index contributed by atoms with van der Waals surface area (Å²) >= 11 is 5.81. The molecule has 36 heavy (non-hydrogen) atoms. The number of nitriles is 1. The van der Waals surface area contributed by atoms with Crippen LogP contribution < -0.4 is 10.6 Å². The van der Waals surface area contributed by atoms with Crippen LogP contribution in [-0.4, -0.2) is 36.3 Å². The number of hydrogen-bond donors (Lipinski definition) is 1. The first-order valence-electron chi connectivity index (χ1n) is 10.6. The Labute approximate surface area is 211 Å². The first-order valence-corrected chi connectivity index (χ1v) is 11.1. The number of ether oxygens (including phenoxy) is 2. The molecule has 3 aromatic rings. The van der Waals surface area contributed by atoms with Crippen molar-refractivity contribution < 1.29 is 23.6 Å². The summed E-state index contributed by atoms with van der Waals surface area (Å²) in [4.78, 5) is 32.0. The van der Waals surface area contributed by atoms with Gasteiger partial charge in [-0.2, -0.15) is 10.2 Å². The predicted molar refractivity (Wildman–Crippen MR) is 129 cm³/mol. The topological polar surface area (TPSA) is 145 Å². The Kier molecular flexibility index (Phi) is 7.03. The lowest BCUT2D eigenvalue weighted by Gasteiger charge is -2.36. The zero-order chi connectivity index (χ0) is 25.8. The third-order valence-corrected chi connectivity index (χ3v) is 5.81. The highest BCUT2D eigenvalue weighted by Crippen LogP contribution is 2.45. The quantitative estimate of drug-likeness (QED) is 0.391. The molecule has 0 fully saturated rings. The van der Waals surface area contributed by atoms with Crippen LogP contribution in [0, 0.1) is 11.3 Å². The van der Waals surface area contributed by atoms with Gasteiger partial charge in [0.25, 0.3) is 0 Å². The first kappa shape index (κ1) is 24.5. The molecule has 1 aromatic heterocycles. The highest BCUT2D eigenvalue weighted by atomic mass is 35.5. The maximum atomic E-state index is 13.2. The third kappa shape index (κ3) is 4.16. The number of benzene rings is 2. The molecule has 0 amide bonds. The number of esters is 2. The van der Waals surface area contributed by atoms with E-state index in [1.807, 2.05) is 0 Å². The van der Waals surface area contributed by atoms with Crippen molar-refractivity contribution in [3.63, 3.8) is 0 Å². The molecule has 1 unspecified atom stereocenters. The number of para-hydroxylation sites is 1. The van der Waals surface area contributed by atoms with Gasteiger partial charge in [-0.15, -0.1) is 11.6 Å². The molecule has 1 atom stereocenters. The van der Waals surface area contributed by atoms with E-state index < -0.39 is 17.9 Å². The Balaban J connectivity index is 2.07. The van der Waals surface area contributed by atoms with Crippen LogP contribution in [0.1, 0.15) is 17.4 Å². The van der Waals surface area contributed by atoms with Gasteiger partial charge in [0.2, 0.25) is 11.7 Å². The van der Waals surface area contributed by atoms with Crippen LogP contribution in [0.3, 0.4) is 0 Å². The second-order valence-corrected chi connectivity index (χ2v) is 7.77. The van der Waals surface area contributed by atoms with Crippen molar-refractivity contribution in [1.82, 2.24) is 10.1 Å². The van der Waals surface area contributed by atoms with Gasteiger partial charge in [-0.25, -0.2) is 9.59 Å². The van der Waals surface area contributed by atoms with Crippen molar-refractivity contribution in [2.45, 2.75) is 11.8 Å². The molecule has 0 spiro atoms. The molecule has 10 nitrogen and oxygen atoms in total. The van der Waals surface area contributed by atoms with Crippen molar-refractivity contribution in [1.29, 1.82) is 5.26 Å². The van der Waals surface area contributed by atoms with Crippen LogP contribution in [0.4, 0.5) is 5.69 Å². The van der Waals surface area contributed by atoms with Crippen molar-refractivity contribution in [2.75, 3.05) is 19.1 Å². The molecular formula is C25H20ClN5O5. The predicted octanol–water partition coefficient (Wildman–Crippen LogP) is 3.37. The van der Waals surface area contributed by atoms with E-state index in [-0.39, 0.29) is 40.3 Å². The molecule has 4 rings (SSSR count). The number of carbonyl (C=O) groups is 2. The van der Waals surface area contributed by atoms with E-state index in [1.54, 1.807) is 54.6 Å². The Hall–Kier alpha value is -4.62. The molecular weight excluding hydrogens is 486 g/mol. The summed E-state index contributed by atoms with van der Waals surface area (Å²) in [7, 11) is 2.36. The SMILES string of the molecule is COC(=O)C1=C(C(=O)OC)N(c2ccccc2-c2noc(CCl)n2)C(N)=C(C#N)C1c1ccccc1. The van der Waals surface area contributed by atoms with Gasteiger partial charge >= 0.3 is 11.9 Å². The fraction of sp³-hybridized carbons (Fsp3) is 0.160. The van der Waals surface area contributed by atoms with Crippen LogP contribution in [0.25, 0.3) is 11.4 Å². The number of alkyl halides is 1. The largest absolute Gasteiger partial charge is 0.466 e. The maximum absolute atomic E-state index is 13.2. The van der Waals surface area contributed by atoms with Crippen LogP contribution in [0.15, 0.2) is 81.8 Å². The summed E-state index contributed by atoms with van der Waals surface area (Å²) in [6.07, 6.45) is 0. The molecule has 2 heterocycles. The second kappa shape index (κ2) is 10.3. The highest BCUT2D eigenvalue weighted by molar-refractivity contribution is 6.16. The summed E-state index contributed by atoms with van der Waals surface area (Å²) in [5, 5.41) is 14.1. The fourth-order valence-corrected chi connectivity index (χ4v) is 4.15. The Morgan fingerprint density at radius 3 is 2.39 bits per heavy atom. The van der Waals surface area contributed by atoms with E-state index in [2.05, 4.69) is 16.2 Å². The van der Waals surface area contributed by atoms with E-state index >= 15 is 0 Å². The van der Waals surface area contributed by atoms with Gasteiger partial charge < -0.3 is 19.7 Å². The van der Waals surface area contributed by atoms with Gasteiger partial charge in [0.05, 0.1) is 43.0 Å². The molecule has 2 N–H and O–H groups in total. The summed E-state index contributed by atoms with van der Waals surface area (Å²) in [5.74, 6) is -2.39. The van der Waals surface area contributed by atoms with Gasteiger partial charge in [-0.05, 0) is 17.7 Å². The molecule has 0 saturated carbocycles. The number of hydrogen-bond acceptors (Lipinski definition) is 10. The van der Waals surface area contributed by atoms with Crippen LogP contribution in [-0.2, 0) is 24.9 Å². The summed E-state index contributed by atoms with van der Waals surface area (Å²) in [6, 6.07) is 17.6. The lowest BCUT2D eigenvalue weighted by Crippen LogP contribution is -2.41. The number of halogens is 1. The number of rotatable bonds is 6. The van der Waals surface area contributed by atoms with Gasteiger partial charge in [-0.3, -0.25) is 4.90 Å². The normalized spacial score (nSPS) is 15.5. The first-order chi connectivity index (χ1) is 17.5. The Bertz CT molecular complexity index is 1420. The monoisotopic (exact) mass is 505 g/mol. The standard InChI is InChI=1S/C25H20ClN5O5/c1-34-24(32)20-19(14-8-4-3-5-9-14)16(13-27)22(28)31(21(20)25(33)35-2)17-11-7-6-10-15(17)23-29-18(12-26)36-30-23/h3-11,19H,12,28H2,1-2H3. The number of aromatic nitrogens is 2. The van der Waals surface area contributed by atoms with Gasteiger partial charge in [-0.1, -0.05) is 47.6 Å². The lowest BCUT2D eigenvalue weighted by molar-refractivity contribution is -0.139. The van der Waals surface area contributed by atoms with Gasteiger partial charge in [0.1, 0.15) is 17.4 Å². The van der Waals surface area contributed by atoms with Gasteiger partial charge in [0, 0.05) is 5.56 Å². The maximum Gasteiger partial charge on any atom is 0.355 e. The summed E-state index contributed by atoms with van der Waals surface area (Å²) in [5.41, 5.74) is 7.57. The van der Waals surface area contributed by atoms with Crippen molar-refractivity contribution in [3.8, 4) is 17.5 Å². The zero-order valence-corrected chi connectivity index (χ0v) is 20.0. The van der Waals surface area contributed by atoms with E-state index in [9.17, 15) is 14.9 Å².